The van der Waals surface area contributed by atoms with Gasteiger partial charge >= 0.3 is 6.09 Å². The molecule has 0 bridgehead atoms. The number of thiazole rings is 1. The van der Waals surface area contributed by atoms with Gasteiger partial charge in [0, 0.05) is 31.9 Å². The van der Waals surface area contributed by atoms with Crippen LogP contribution in [0.4, 0.5) is 10.5 Å². The summed E-state index contributed by atoms with van der Waals surface area (Å²) in [7, 11) is -1.77. The van der Waals surface area contributed by atoms with E-state index in [0.717, 1.165) is 43.3 Å². The Kier molecular flexibility index (Phi) is 9.51. The number of benzene rings is 1. The highest BCUT2D eigenvalue weighted by Crippen LogP contribution is 2.38. The summed E-state index contributed by atoms with van der Waals surface area (Å²) in [4.78, 5) is 20.6. The van der Waals surface area contributed by atoms with Crippen LogP contribution in [0.1, 0.15) is 72.1 Å². The molecule has 0 radical (unpaired) electrons. The average molecular weight is 546 g/mol. The molecule has 1 aliphatic rings. The topological polar surface area (TPSA) is 63.7 Å². The molecule has 37 heavy (non-hydrogen) atoms. The van der Waals surface area contributed by atoms with Crippen LogP contribution in [0.25, 0.3) is 10.4 Å². The fourth-order valence-corrected chi connectivity index (χ4v) is 5.82. The Balaban J connectivity index is 1.82. The number of nitrogens with zero attached hydrogens (tertiary/aromatic N) is 2. The second-order valence-electron chi connectivity index (χ2n) is 12.8. The number of hydrogen-bond donors (Lipinski definition) is 1. The minimum atomic E-state index is -1.77. The number of carbonyl (C=O) groups excluding carboxylic acids is 1. The molecule has 2 aromatic rings. The van der Waals surface area contributed by atoms with Gasteiger partial charge in [-0.25, -0.2) is 9.78 Å². The van der Waals surface area contributed by atoms with E-state index in [1.54, 1.807) is 11.3 Å². The molecule has 0 aliphatic heterocycles. The van der Waals surface area contributed by atoms with E-state index in [1.165, 1.54) is 29.0 Å². The number of alkyl carbamates (subject to hydrolysis) is 1. The Hall–Kier alpha value is -1.90. The van der Waals surface area contributed by atoms with Gasteiger partial charge in [-0.3, -0.25) is 0 Å². The first-order valence-electron chi connectivity index (χ1n) is 13.6. The smallest absolute Gasteiger partial charge is 0.407 e. The minimum absolute atomic E-state index is 0.210. The van der Waals surface area contributed by atoms with Crippen LogP contribution in [0.2, 0.25) is 18.1 Å². The lowest BCUT2D eigenvalue weighted by atomic mass is 10.0. The number of rotatable bonds is 11. The summed E-state index contributed by atoms with van der Waals surface area (Å²) in [5.74, 6) is 0.738. The predicted molar refractivity (Wildman–Crippen MR) is 158 cm³/mol. The molecule has 0 spiro atoms. The lowest BCUT2D eigenvalue weighted by Gasteiger charge is -2.36. The molecule has 0 atom stereocenters. The van der Waals surface area contributed by atoms with Crippen molar-refractivity contribution in [2.45, 2.75) is 98.0 Å². The molecule has 1 heterocycles. The number of carbonyl (C=O) groups is 1. The molecule has 1 aliphatic carbocycles. The highest BCUT2D eigenvalue weighted by molar-refractivity contribution is 7.13. The van der Waals surface area contributed by atoms with Crippen LogP contribution in [0, 0.1) is 12.8 Å². The van der Waals surface area contributed by atoms with Crippen LogP contribution in [0.3, 0.4) is 0 Å². The molecule has 3 rings (SSSR count). The molecule has 0 unspecified atom stereocenters. The molecular formula is C29H47N3O3SSi. The summed E-state index contributed by atoms with van der Waals surface area (Å²) in [6.45, 7) is 22.4. The van der Waals surface area contributed by atoms with Gasteiger partial charge in [0.1, 0.15) is 5.60 Å². The van der Waals surface area contributed by atoms with E-state index >= 15 is 0 Å². The lowest BCUT2D eigenvalue weighted by Crippen LogP contribution is -2.41. The maximum Gasteiger partial charge on any atom is 0.407 e. The zero-order chi connectivity index (χ0) is 27.4. The van der Waals surface area contributed by atoms with Crippen LogP contribution in [-0.2, 0) is 15.7 Å². The van der Waals surface area contributed by atoms with Crippen molar-refractivity contribution in [3.63, 3.8) is 0 Å². The first-order valence-corrected chi connectivity index (χ1v) is 17.3. The standard InChI is InChI=1S/C29H47N3O3SSi/c1-21-26(36-20-31-21)23-13-14-24(18-30-27(33)35-28(2,3)4)25(17-23)32(19-22-11-12-22)15-10-16-34-37(8,9)29(5,6)7/h13-14,17,20,22H,10-12,15-16,18-19H2,1-9H3,(H,30,33). The largest absolute Gasteiger partial charge is 0.444 e. The van der Waals surface area contributed by atoms with Gasteiger partial charge in [0.2, 0.25) is 0 Å². The Morgan fingerprint density at radius 3 is 2.46 bits per heavy atom. The minimum Gasteiger partial charge on any atom is -0.444 e. The van der Waals surface area contributed by atoms with Crippen molar-refractivity contribution in [2.24, 2.45) is 5.92 Å². The van der Waals surface area contributed by atoms with E-state index in [9.17, 15) is 4.79 Å². The first-order chi connectivity index (χ1) is 17.2. The van der Waals surface area contributed by atoms with E-state index in [1.807, 2.05) is 26.3 Å². The van der Waals surface area contributed by atoms with Gasteiger partial charge in [0.05, 0.1) is 16.1 Å². The van der Waals surface area contributed by atoms with Crippen molar-refractivity contribution in [3.05, 3.63) is 35.0 Å². The quantitative estimate of drug-likeness (QED) is 0.231. The number of aromatic nitrogens is 1. The number of amides is 1. The molecule has 1 aromatic carbocycles. The van der Waals surface area contributed by atoms with Crippen molar-refractivity contribution in [1.29, 1.82) is 0 Å². The first kappa shape index (κ1) is 29.6. The highest BCUT2D eigenvalue weighted by atomic mass is 32.1. The van der Waals surface area contributed by atoms with Gasteiger partial charge < -0.3 is 19.4 Å². The fourth-order valence-electron chi connectivity index (χ4n) is 3.93. The summed E-state index contributed by atoms with van der Waals surface area (Å²) in [6, 6.07) is 6.57. The molecule has 1 amide bonds. The van der Waals surface area contributed by atoms with Gasteiger partial charge in [-0.15, -0.1) is 11.3 Å². The SMILES string of the molecule is Cc1ncsc1-c1ccc(CNC(=O)OC(C)(C)C)c(N(CCCO[Si](C)(C)C(C)(C)C)CC2CC2)c1. The summed E-state index contributed by atoms with van der Waals surface area (Å²) >= 11 is 1.67. The number of hydrogen-bond acceptors (Lipinski definition) is 6. The predicted octanol–water partition coefficient (Wildman–Crippen LogP) is 7.77. The summed E-state index contributed by atoms with van der Waals surface area (Å²) < 4.78 is 12.0. The third-order valence-electron chi connectivity index (χ3n) is 7.27. The Morgan fingerprint density at radius 2 is 1.89 bits per heavy atom. The van der Waals surface area contributed by atoms with Crippen molar-refractivity contribution < 1.29 is 14.0 Å². The van der Waals surface area contributed by atoms with Crippen molar-refractivity contribution in [3.8, 4) is 10.4 Å². The molecule has 1 aromatic heterocycles. The second kappa shape index (κ2) is 11.9. The van der Waals surface area contributed by atoms with Crippen molar-refractivity contribution >= 4 is 31.4 Å². The van der Waals surface area contributed by atoms with Gasteiger partial charge in [-0.05, 0) is 88.2 Å². The number of anilines is 1. The van der Waals surface area contributed by atoms with Gasteiger partial charge in [0.25, 0.3) is 0 Å². The zero-order valence-corrected chi connectivity index (χ0v) is 26.2. The summed E-state index contributed by atoms with van der Waals surface area (Å²) in [6.07, 6.45) is 3.16. The molecule has 1 fully saturated rings. The van der Waals surface area contributed by atoms with E-state index in [0.29, 0.717) is 6.54 Å². The molecule has 1 saturated carbocycles. The molecular weight excluding hydrogens is 498 g/mol. The van der Waals surface area contributed by atoms with Crippen LogP contribution >= 0.6 is 11.3 Å². The maximum atomic E-state index is 12.4. The summed E-state index contributed by atoms with van der Waals surface area (Å²) in [5.41, 5.74) is 5.88. The van der Waals surface area contributed by atoms with Gasteiger partial charge in [-0.1, -0.05) is 32.9 Å². The molecule has 206 valence electrons. The van der Waals surface area contributed by atoms with E-state index < -0.39 is 20.0 Å². The van der Waals surface area contributed by atoms with Crippen LogP contribution in [0.15, 0.2) is 23.7 Å². The highest BCUT2D eigenvalue weighted by Gasteiger charge is 2.37. The van der Waals surface area contributed by atoms with Crippen LogP contribution < -0.4 is 10.2 Å². The average Bonchev–Trinajstić information content (AvgIpc) is 3.50. The molecule has 1 N–H and O–H groups in total. The van der Waals surface area contributed by atoms with Crippen LogP contribution in [-0.4, -0.2) is 44.7 Å². The number of aryl methyl sites for hydroxylation is 1. The summed E-state index contributed by atoms with van der Waals surface area (Å²) in [5, 5.41) is 3.18. The molecule has 0 saturated heterocycles. The maximum absolute atomic E-state index is 12.4. The third-order valence-corrected chi connectivity index (χ3v) is 12.8. The van der Waals surface area contributed by atoms with Gasteiger partial charge in [-0.2, -0.15) is 0 Å². The van der Waals surface area contributed by atoms with Crippen LogP contribution in [0.5, 0.6) is 0 Å². The number of ether oxygens (including phenoxy) is 1. The fraction of sp³-hybridized carbons (Fsp3) is 0.655. The third kappa shape index (κ3) is 8.82. The van der Waals surface area contributed by atoms with Gasteiger partial charge in [0.15, 0.2) is 8.32 Å². The van der Waals surface area contributed by atoms with Crippen molar-refractivity contribution in [2.75, 3.05) is 24.6 Å². The van der Waals surface area contributed by atoms with E-state index in [4.69, 9.17) is 9.16 Å². The van der Waals surface area contributed by atoms with Crippen molar-refractivity contribution in [1.82, 2.24) is 10.3 Å². The normalized spacial score (nSPS) is 14.5. The Bertz CT molecular complexity index is 1050. The Morgan fingerprint density at radius 1 is 1.19 bits per heavy atom. The Labute approximate surface area is 229 Å². The van der Waals surface area contributed by atoms with E-state index in [-0.39, 0.29) is 5.04 Å². The lowest BCUT2D eigenvalue weighted by molar-refractivity contribution is 0.0523. The molecule has 6 nitrogen and oxygen atoms in total. The zero-order valence-electron chi connectivity index (χ0n) is 24.4. The second-order valence-corrected chi connectivity index (χ2v) is 18.5. The van der Waals surface area contributed by atoms with E-state index in [2.05, 4.69) is 74.2 Å². The number of nitrogens with one attached hydrogen (secondary N) is 1. The molecule has 8 heteroatoms. The monoisotopic (exact) mass is 545 g/mol.